The van der Waals surface area contributed by atoms with Crippen LogP contribution in [0.3, 0.4) is 0 Å². The van der Waals surface area contributed by atoms with Gasteiger partial charge in [0.15, 0.2) is 0 Å². The zero-order chi connectivity index (χ0) is 11.5. The van der Waals surface area contributed by atoms with E-state index < -0.39 is 0 Å². The van der Waals surface area contributed by atoms with Crippen molar-refractivity contribution in [2.45, 2.75) is 26.3 Å². The molecule has 1 saturated heterocycles. The monoisotopic (exact) mass is 331 g/mol. The summed E-state index contributed by atoms with van der Waals surface area (Å²) in [6.45, 7) is 6.20. The molecule has 88 valence electrons. The highest BCUT2D eigenvalue weighted by Gasteiger charge is 2.21. The summed E-state index contributed by atoms with van der Waals surface area (Å²) in [5.41, 5.74) is 2.55. The minimum absolute atomic E-state index is 0.487. The Kier molecular flexibility index (Phi) is 4.08. The average Bonchev–Trinajstić information content (AvgIpc) is 2.77. The molecule has 0 spiro atoms. The molecule has 0 aliphatic carbocycles. The molecule has 1 fully saturated rings. The molecule has 2 rings (SSSR count). The predicted octanol–water partition coefficient (Wildman–Crippen LogP) is 3.44. The van der Waals surface area contributed by atoms with Crippen LogP contribution in [0.5, 0.6) is 0 Å². The van der Waals surface area contributed by atoms with Crippen molar-refractivity contribution in [2.75, 3.05) is 18.5 Å². The van der Waals surface area contributed by atoms with Crippen LogP contribution in [-0.4, -0.2) is 19.3 Å². The largest absolute Gasteiger partial charge is 0.382 e. The first kappa shape index (κ1) is 12.2. The van der Waals surface area contributed by atoms with Gasteiger partial charge in [0, 0.05) is 27.8 Å². The van der Waals surface area contributed by atoms with E-state index in [1.807, 2.05) is 0 Å². The first-order valence-electron chi connectivity index (χ1n) is 5.77. The highest BCUT2D eigenvalue weighted by Crippen LogP contribution is 2.22. The Morgan fingerprint density at radius 2 is 2.31 bits per heavy atom. The summed E-state index contributed by atoms with van der Waals surface area (Å²) in [6.07, 6.45) is 1.18. The number of nitrogens with one attached hydrogen (secondary N) is 1. The third-order valence-electron chi connectivity index (χ3n) is 3.24. The van der Waals surface area contributed by atoms with Crippen LogP contribution in [0.25, 0.3) is 0 Å². The van der Waals surface area contributed by atoms with Crippen LogP contribution in [-0.2, 0) is 4.74 Å². The van der Waals surface area contributed by atoms with Gasteiger partial charge in [0.1, 0.15) is 0 Å². The molecular formula is C13H18INO. The smallest absolute Gasteiger partial charge is 0.0514 e. The van der Waals surface area contributed by atoms with Gasteiger partial charge in [-0.1, -0.05) is 6.07 Å². The second-order valence-electron chi connectivity index (χ2n) is 4.52. The Morgan fingerprint density at radius 3 is 2.94 bits per heavy atom. The number of halogens is 1. The molecule has 2 nitrogen and oxygen atoms in total. The molecular weight excluding hydrogens is 313 g/mol. The Hall–Kier alpha value is -0.290. The summed E-state index contributed by atoms with van der Waals surface area (Å²) in [6, 6.07) is 7.02. The van der Waals surface area contributed by atoms with Gasteiger partial charge in [0.25, 0.3) is 0 Å². The fourth-order valence-electron chi connectivity index (χ4n) is 2.01. The van der Waals surface area contributed by atoms with Gasteiger partial charge in [0.05, 0.1) is 6.61 Å². The molecule has 2 atom stereocenters. The molecule has 16 heavy (non-hydrogen) atoms. The van der Waals surface area contributed by atoms with Crippen LogP contribution < -0.4 is 5.32 Å². The molecule has 1 aliphatic rings. The number of benzene rings is 1. The van der Waals surface area contributed by atoms with Crippen molar-refractivity contribution in [2.24, 2.45) is 5.92 Å². The number of aryl methyl sites for hydroxylation is 1. The lowest BCUT2D eigenvalue weighted by atomic mass is 10.0. The van der Waals surface area contributed by atoms with Crippen LogP contribution in [0, 0.1) is 16.4 Å². The number of ether oxygens (including phenoxy) is 1. The molecule has 0 amide bonds. The minimum atomic E-state index is 0.487. The average molecular weight is 331 g/mol. The van der Waals surface area contributed by atoms with Crippen molar-refractivity contribution >= 4 is 28.3 Å². The van der Waals surface area contributed by atoms with Crippen LogP contribution in [0.1, 0.15) is 18.9 Å². The van der Waals surface area contributed by atoms with Crippen molar-refractivity contribution in [1.29, 1.82) is 0 Å². The topological polar surface area (TPSA) is 21.3 Å². The highest BCUT2D eigenvalue weighted by molar-refractivity contribution is 14.1. The van der Waals surface area contributed by atoms with Crippen molar-refractivity contribution in [3.05, 3.63) is 27.3 Å². The first-order chi connectivity index (χ1) is 7.66. The summed E-state index contributed by atoms with van der Waals surface area (Å²) in [4.78, 5) is 0. The molecule has 1 aliphatic heterocycles. The van der Waals surface area contributed by atoms with Gasteiger partial charge in [-0.15, -0.1) is 0 Å². The van der Waals surface area contributed by atoms with Crippen LogP contribution in [0.2, 0.25) is 0 Å². The molecule has 3 heteroatoms. The van der Waals surface area contributed by atoms with E-state index >= 15 is 0 Å². The maximum Gasteiger partial charge on any atom is 0.0514 e. The molecule has 1 aromatic rings. The normalized spacial score (nSPS) is 22.1. The fourth-order valence-corrected chi connectivity index (χ4v) is 2.53. The maximum atomic E-state index is 5.42. The number of anilines is 1. The number of rotatable bonds is 3. The summed E-state index contributed by atoms with van der Waals surface area (Å²) in [7, 11) is 0. The van der Waals surface area contributed by atoms with Crippen LogP contribution in [0.4, 0.5) is 5.69 Å². The Balaban J connectivity index is 1.99. The SMILES string of the molecule is Cc1ccc(NC(C)C2CCOC2)cc1I. The van der Waals surface area contributed by atoms with Crippen molar-refractivity contribution in [3.63, 3.8) is 0 Å². The molecule has 1 N–H and O–H groups in total. The summed E-state index contributed by atoms with van der Waals surface area (Å²) in [5, 5.41) is 3.57. The standard InChI is InChI=1S/C13H18INO/c1-9-3-4-12(7-13(9)14)15-10(2)11-5-6-16-8-11/h3-4,7,10-11,15H,5-6,8H2,1-2H3. The molecule has 2 unspecified atom stereocenters. The summed E-state index contributed by atoms with van der Waals surface area (Å²) < 4.78 is 6.73. The predicted molar refractivity (Wildman–Crippen MR) is 75.9 cm³/mol. The highest BCUT2D eigenvalue weighted by atomic mass is 127. The molecule has 0 saturated carbocycles. The van der Waals surface area contributed by atoms with Crippen molar-refractivity contribution in [1.82, 2.24) is 0 Å². The fraction of sp³-hybridized carbons (Fsp3) is 0.538. The molecule has 0 bridgehead atoms. The first-order valence-corrected chi connectivity index (χ1v) is 6.85. The van der Waals surface area contributed by atoms with Gasteiger partial charge < -0.3 is 10.1 Å². The lowest BCUT2D eigenvalue weighted by Gasteiger charge is -2.20. The van der Waals surface area contributed by atoms with Gasteiger partial charge >= 0.3 is 0 Å². The van der Waals surface area contributed by atoms with E-state index in [0.717, 1.165) is 13.2 Å². The lowest BCUT2D eigenvalue weighted by molar-refractivity contribution is 0.183. The van der Waals surface area contributed by atoms with E-state index in [2.05, 4.69) is 60.0 Å². The summed E-state index contributed by atoms with van der Waals surface area (Å²) in [5.74, 6) is 0.652. The van der Waals surface area contributed by atoms with Gasteiger partial charge in [-0.3, -0.25) is 0 Å². The molecule has 0 aromatic heterocycles. The van der Waals surface area contributed by atoms with E-state index in [-0.39, 0.29) is 0 Å². The number of hydrogen-bond acceptors (Lipinski definition) is 2. The summed E-state index contributed by atoms with van der Waals surface area (Å²) >= 11 is 2.38. The van der Waals surface area contributed by atoms with Gasteiger partial charge in [-0.25, -0.2) is 0 Å². The zero-order valence-corrected chi connectivity index (χ0v) is 12.0. The quantitative estimate of drug-likeness (QED) is 0.857. The van der Waals surface area contributed by atoms with E-state index in [9.17, 15) is 0 Å². The molecule has 1 aromatic carbocycles. The second-order valence-corrected chi connectivity index (χ2v) is 5.68. The van der Waals surface area contributed by atoms with Crippen molar-refractivity contribution < 1.29 is 4.74 Å². The van der Waals surface area contributed by atoms with Crippen LogP contribution in [0.15, 0.2) is 18.2 Å². The van der Waals surface area contributed by atoms with Crippen LogP contribution >= 0.6 is 22.6 Å². The van der Waals surface area contributed by atoms with Gasteiger partial charge in [-0.2, -0.15) is 0 Å². The molecule has 1 heterocycles. The maximum absolute atomic E-state index is 5.42. The molecule has 0 radical (unpaired) electrons. The van der Waals surface area contributed by atoms with Gasteiger partial charge in [-0.05, 0) is 60.6 Å². The third-order valence-corrected chi connectivity index (χ3v) is 4.40. The Morgan fingerprint density at radius 1 is 1.50 bits per heavy atom. The Bertz CT molecular complexity index is 361. The van der Waals surface area contributed by atoms with E-state index in [1.165, 1.54) is 21.2 Å². The van der Waals surface area contributed by atoms with E-state index in [4.69, 9.17) is 4.74 Å². The zero-order valence-electron chi connectivity index (χ0n) is 9.79. The van der Waals surface area contributed by atoms with E-state index in [1.54, 1.807) is 0 Å². The Labute approximate surface area is 111 Å². The number of hydrogen-bond donors (Lipinski definition) is 1. The van der Waals surface area contributed by atoms with Crippen molar-refractivity contribution in [3.8, 4) is 0 Å². The minimum Gasteiger partial charge on any atom is -0.382 e. The van der Waals surface area contributed by atoms with E-state index in [0.29, 0.717) is 12.0 Å². The van der Waals surface area contributed by atoms with Gasteiger partial charge in [0.2, 0.25) is 0 Å². The lowest BCUT2D eigenvalue weighted by Crippen LogP contribution is -2.26. The third kappa shape index (κ3) is 2.88. The second kappa shape index (κ2) is 5.36.